The van der Waals surface area contributed by atoms with Gasteiger partial charge in [-0.3, -0.25) is 14.8 Å². The maximum Gasteiger partial charge on any atom is 0.251 e. The van der Waals surface area contributed by atoms with Crippen LogP contribution in [0.1, 0.15) is 43.9 Å². The van der Waals surface area contributed by atoms with E-state index in [2.05, 4.69) is 32.4 Å². The van der Waals surface area contributed by atoms with Gasteiger partial charge in [0.2, 0.25) is 0 Å². The summed E-state index contributed by atoms with van der Waals surface area (Å²) in [5, 5.41) is 22.3. The summed E-state index contributed by atoms with van der Waals surface area (Å²) in [7, 11) is 0. The number of benzene rings is 1. The molecule has 0 aliphatic rings. The first-order valence-corrected chi connectivity index (χ1v) is 10.1. The molecule has 0 atom stereocenters. The van der Waals surface area contributed by atoms with Crippen molar-refractivity contribution in [2.24, 2.45) is 0 Å². The van der Waals surface area contributed by atoms with Gasteiger partial charge in [0, 0.05) is 48.2 Å². The van der Waals surface area contributed by atoms with E-state index in [-0.39, 0.29) is 5.91 Å². The van der Waals surface area contributed by atoms with Crippen LogP contribution >= 0.6 is 0 Å². The monoisotopic (exact) mass is 433 g/mol. The van der Waals surface area contributed by atoms with Crippen LogP contribution in [0, 0.1) is 29.6 Å². The normalized spacial score (nSPS) is 10.4. The van der Waals surface area contributed by atoms with E-state index in [1.807, 2.05) is 13.0 Å². The lowest BCUT2D eigenvalue weighted by Crippen LogP contribution is -2.23. The minimum Gasteiger partial charge on any atom is -0.384 e. The Balaban J connectivity index is 1.54. The van der Waals surface area contributed by atoms with Gasteiger partial charge in [-0.25, -0.2) is 4.98 Å². The van der Waals surface area contributed by atoms with Crippen molar-refractivity contribution in [2.45, 2.75) is 19.9 Å². The number of carbonyl (C=O) groups excluding carboxylic acids is 1. The maximum absolute atomic E-state index is 12.7. The third-order valence-electron chi connectivity index (χ3n) is 5.24. The van der Waals surface area contributed by atoms with Crippen molar-refractivity contribution in [1.29, 1.82) is 10.5 Å². The van der Waals surface area contributed by atoms with Gasteiger partial charge >= 0.3 is 0 Å². The zero-order valence-electron chi connectivity index (χ0n) is 17.8. The van der Waals surface area contributed by atoms with Gasteiger partial charge in [-0.2, -0.15) is 10.5 Å². The first-order chi connectivity index (χ1) is 16.0. The molecule has 8 nitrogen and oxygen atoms in total. The summed E-state index contributed by atoms with van der Waals surface area (Å²) in [4.78, 5) is 25.4. The number of nitrogens with zero attached hydrogens (tertiary/aromatic N) is 5. The van der Waals surface area contributed by atoms with Crippen LogP contribution < -0.4 is 11.1 Å². The molecule has 0 bridgehead atoms. The number of hydrogen-bond donors (Lipinski definition) is 2. The third-order valence-corrected chi connectivity index (χ3v) is 5.24. The summed E-state index contributed by atoms with van der Waals surface area (Å²) in [5.41, 5.74) is 10.9. The molecule has 0 saturated carbocycles. The Hall–Kier alpha value is -4.82. The Morgan fingerprint density at radius 3 is 2.67 bits per heavy atom. The summed E-state index contributed by atoms with van der Waals surface area (Å²) < 4.78 is 0. The molecule has 1 amide bonds. The molecule has 3 aromatic heterocycles. The van der Waals surface area contributed by atoms with Crippen molar-refractivity contribution in [2.75, 3.05) is 5.73 Å². The minimum atomic E-state index is -0.228. The molecule has 0 aliphatic heterocycles. The quantitative estimate of drug-likeness (QED) is 0.492. The number of nitriles is 2. The van der Waals surface area contributed by atoms with Gasteiger partial charge in [0.05, 0.1) is 16.6 Å². The van der Waals surface area contributed by atoms with Gasteiger partial charge in [0.1, 0.15) is 18.0 Å². The molecule has 0 spiro atoms. The van der Waals surface area contributed by atoms with E-state index in [4.69, 9.17) is 11.0 Å². The predicted octanol–water partition coefficient (Wildman–Crippen LogP) is 3.18. The first kappa shape index (κ1) is 21.4. The fourth-order valence-electron chi connectivity index (χ4n) is 3.55. The van der Waals surface area contributed by atoms with Crippen LogP contribution in [-0.2, 0) is 13.0 Å². The molecule has 8 heteroatoms. The zero-order valence-corrected chi connectivity index (χ0v) is 17.8. The fraction of sp³-hybridized carbons (Fsp3) is 0.120. The van der Waals surface area contributed by atoms with E-state index in [9.17, 15) is 10.1 Å². The lowest BCUT2D eigenvalue weighted by molar-refractivity contribution is 0.0950. The van der Waals surface area contributed by atoms with Crippen LogP contribution in [0.2, 0.25) is 0 Å². The van der Waals surface area contributed by atoms with E-state index in [1.165, 1.54) is 6.20 Å². The van der Waals surface area contributed by atoms with E-state index in [0.717, 1.165) is 16.7 Å². The highest BCUT2D eigenvalue weighted by atomic mass is 16.1. The standard InChI is InChI=1S/C25H19N7O/c1-15-4-23(28)30-13-21(15)14-32-25(33)18-2-3-29-22(9-18)8-16-5-19-7-17(10-26)12-31-24(19)20(6-16)11-27/h2-7,9,12-13H,8,14H2,1H3,(H2,28,30)(H,32,33). The maximum atomic E-state index is 12.7. The molecule has 0 saturated heterocycles. The number of fused-ring (bicyclic) bond motifs is 1. The molecule has 0 radical (unpaired) electrons. The molecular formula is C25H19N7O. The lowest BCUT2D eigenvalue weighted by Gasteiger charge is -2.10. The molecular weight excluding hydrogens is 414 g/mol. The molecule has 0 fully saturated rings. The van der Waals surface area contributed by atoms with Gasteiger partial charge in [0.15, 0.2) is 0 Å². The number of nitrogen functional groups attached to an aromatic ring is 1. The van der Waals surface area contributed by atoms with Crippen molar-refractivity contribution >= 4 is 22.6 Å². The molecule has 1 aromatic carbocycles. The second-order valence-corrected chi connectivity index (χ2v) is 7.59. The van der Waals surface area contributed by atoms with Crippen LogP contribution in [0.5, 0.6) is 0 Å². The Labute approximate surface area is 190 Å². The van der Waals surface area contributed by atoms with Crippen molar-refractivity contribution in [3.05, 3.63) is 94.1 Å². The number of carbonyl (C=O) groups is 1. The van der Waals surface area contributed by atoms with Crippen LogP contribution in [-0.4, -0.2) is 20.9 Å². The van der Waals surface area contributed by atoms with E-state index < -0.39 is 0 Å². The number of pyridine rings is 3. The van der Waals surface area contributed by atoms with Crippen molar-refractivity contribution < 1.29 is 4.79 Å². The molecule has 3 N–H and O–H groups in total. The summed E-state index contributed by atoms with van der Waals surface area (Å²) >= 11 is 0. The summed E-state index contributed by atoms with van der Waals surface area (Å²) in [5.74, 6) is 0.211. The summed E-state index contributed by atoms with van der Waals surface area (Å²) in [6, 6.07) is 14.7. The molecule has 33 heavy (non-hydrogen) atoms. The van der Waals surface area contributed by atoms with E-state index >= 15 is 0 Å². The number of hydrogen-bond acceptors (Lipinski definition) is 7. The van der Waals surface area contributed by atoms with Gasteiger partial charge in [-0.05, 0) is 60.0 Å². The summed E-state index contributed by atoms with van der Waals surface area (Å²) in [6.07, 6.45) is 5.11. The SMILES string of the molecule is Cc1cc(N)ncc1CNC(=O)c1ccnc(Cc2cc(C#N)c3ncc(C#N)cc3c2)c1. The average Bonchev–Trinajstić information content (AvgIpc) is 2.82. The second-order valence-electron chi connectivity index (χ2n) is 7.59. The third kappa shape index (κ3) is 4.76. The molecule has 160 valence electrons. The zero-order chi connectivity index (χ0) is 23.4. The highest BCUT2D eigenvalue weighted by Crippen LogP contribution is 2.22. The number of aryl methyl sites for hydroxylation is 1. The first-order valence-electron chi connectivity index (χ1n) is 10.1. The number of aromatic nitrogens is 3. The highest BCUT2D eigenvalue weighted by molar-refractivity contribution is 5.94. The number of amides is 1. The Morgan fingerprint density at radius 2 is 1.91 bits per heavy atom. The number of anilines is 1. The number of nitrogens with two attached hydrogens (primary N) is 1. The number of nitrogens with one attached hydrogen (secondary N) is 1. The average molecular weight is 433 g/mol. The Bertz CT molecular complexity index is 1460. The molecule has 0 unspecified atom stereocenters. The van der Waals surface area contributed by atoms with Gasteiger partial charge in [-0.15, -0.1) is 0 Å². The largest absolute Gasteiger partial charge is 0.384 e. The predicted molar refractivity (Wildman–Crippen MR) is 123 cm³/mol. The number of rotatable bonds is 5. The van der Waals surface area contributed by atoms with Crippen LogP contribution in [0.3, 0.4) is 0 Å². The Kier molecular flexibility index (Phi) is 5.92. The van der Waals surface area contributed by atoms with Crippen LogP contribution in [0.25, 0.3) is 10.9 Å². The van der Waals surface area contributed by atoms with Crippen molar-refractivity contribution in [3.8, 4) is 12.1 Å². The highest BCUT2D eigenvalue weighted by Gasteiger charge is 2.11. The van der Waals surface area contributed by atoms with E-state index in [1.54, 1.807) is 42.7 Å². The van der Waals surface area contributed by atoms with Crippen LogP contribution in [0.4, 0.5) is 5.82 Å². The Morgan fingerprint density at radius 1 is 1.06 bits per heavy atom. The van der Waals surface area contributed by atoms with Crippen molar-refractivity contribution in [3.63, 3.8) is 0 Å². The lowest BCUT2D eigenvalue weighted by atomic mass is 10.0. The molecule has 0 aliphatic carbocycles. The topological polar surface area (TPSA) is 141 Å². The van der Waals surface area contributed by atoms with Crippen molar-refractivity contribution in [1.82, 2.24) is 20.3 Å². The smallest absolute Gasteiger partial charge is 0.251 e. The fourth-order valence-corrected chi connectivity index (χ4v) is 3.55. The van der Waals surface area contributed by atoms with E-state index in [0.29, 0.717) is 52.1 Å². The van der Waals surface area contributed by atoms with Gasteiger partial charge < -0.3 is 11.1 Å². The minimum absolute atomic E-state index is 0.228. The van der Waals surface area contributed by atoms with Crippen LogP contribution in [0.15, 0.2) is 55.0 Å². The second kappa shape index (κ2) is 9.13. The van der Waals surface area contributed by atoms with Gasteiger partial charge in [0.25, 0.3) is 5.91 Å². The van der Waals surface area contributed by atoms with Gasteiger partial charge in [-0.1, -0.05) is 0 Å². The molecule has 4 aromatic rings. The molecule has 3 heterocycles. The molecule has 4 rings (SSSR count). The summed E-state index contributed by atoms with van der Waals surface area (Å²) in [6.45, 7) is 2.25.